The molecule has 3 aromatic rings. The number of rotatable bonds is 7. The minimum absolute atomic E-state index is 0.351. The van der Waals surface area contributed by atoms with E-state index in [2.05, 4.69) is 16.9 Å². The van der Waals surface area contributed by atoms with Crippen LogP contribution in [0.15, 0.2) is 69.9 Å². The van der Waals surface area contributed by atoms with Gasteiger partial charge in [0.2, 0.25) is 10.0 Å². The normalized spacial score (nSPS) is 16.5. The molecule has 0 radical (unpaired) electrons. The van der Waals surface area contributed by atoms with Crippen LogP contribution in [0.2, 0.25) is 0 Å². The summed E-state index contributed by atoms with van der Waals surface area (Å²) in [5.41, 5.74) is 2.85. The van der Waals surface area contributed by atoms with Crippen LogP contribution in [0.25, 0.3) is 11.3 Å². The van der Waals surface area contributed by atoms with Crippen LogP contribution < -0.4 is 4.80 Å². The molecule has 1 aliphatic rings. The molecule has 1 aliphatic heterocycles. The van der Waals surface area contributed by atoms with E-state index in [1.54, 1.807) is 34.9 Å². The fourth-order valence-electron chi connectivity index (χ4n) is 3.83. The number of thiazole rings is 1. The molecule has 2 aromatic carbocycles. The van der Waals surface area contributed by atoms with Crippen LogP contribution in [0, 0.1) is 5.92 Å². The Morgan fingerprint density at radius 2 is 1.75 bits per heavy atom. The van der Waals surface area contributed by atoms with E-state index in [4.69, 9.17) is 9.73 Å². The molecule has 2 heterocycles. The van der Waals surface area contributed by atoms with E-state index in [0.29, 0.717) is 37.1 Å². The zero-order valence-corrected chi connectivity index (χ0v) is 20.1. The van der Waals surface area contributed by atoms with Gasteiger partial charge in [-0.05, 0) is 48.6 Å². The first-order chi connectivity index (χ1) is 15.5. The van der Waals surface area contributed by atoms with Gasteiger partial charge in [0.25, 0.3) is 0 Å². The van der Waals surface area contributed by atoms with Gasteiger partial charge in [0.1, 0.15) is 0 Å². The number of ether oxygens (including phenoxy) is 1. The molecule has 1 fully saturated rings. The molecule has 170 valence electrons. The number of benzene rings is 2. The summed E-state index contributed by atoms with van der Waals surface area (Å²) in [4.78, 5) is 6.02. The zero-order chi connectivity index (χ0) is 22.6. The zero-order valence-electron chi connectivity index (χ0n) is 18.5. The van der Waals surface area contributed by atoms with Gasteiger partial charge >= 0.3 is 0 Å². The maximum Gasteiger partial charge on any atom is 0.243 e. The summed E-state index contributed by atoms with van der Waals surface area (Å²) in [5.74, 6) is 0.584. The molecular formula is C24H29N3O3S2. The summed E-state index contributed by atoms with van der Waals surface area (Å²) in [6.45, 7) is 4.59. The maximum atomic E-state index is 13.0. The second kappa shape index (κ2) is 10.1. The molecule has 1 aromatic heterocycles. The molecule has 0 aliphatic carbocycles. The molecule has 0 bridgehead atoms. The molecule has 0 unspecified atom stereocenters. The average molecular weight is 472 g/mol. The van der Waals surface area contributed by atoms with E-state index in [-0.39, 0.29) is 0 Å². The Kier molecular flexibility index (Phi) is 7.25. The number of nitrogens with zero attached hydrogens (tertiary/aromatic N) is 3. The number of piperidine rings is 1. The fourth-order valence-corrected chi connectivity index (χ4v) is 6.26. The highest BCUT2D eigenvalue weighted by Crippen LogP contribution is 2.26. The topological polar surface area (TPSA) is 63.9 Å². The number of para-hydroxylation sites is 1. The minimum atomic E-state index is -3.45. The highest BCUT2D eigenvalue weighted by Gasteiger charge is 2.28. The minimum Gasteiger partial charge on any atom is -0.383 e. The monoisotopic (exact) mass is 471 g/mol. The van der Waals surface area contributed by atoms with E-state index in [0.717, 1.165) is 34.6 Å². The van der Waals surface area contributed by atoms with Gasteiger partial charge < -0.3 is 9.30 Å². The van der Waals surface area contributed by atoms with Gasteiger partial charge in [-0.2, -0.15) is 4.31 Å². The van der Waals surface area contributed by atoms with Crippen molar-refractivity contribution < 1.29 is 13.2 Å². The molecule has 1 saturated heterocycles. The van der Waals surface area contributed by atoms with Crippen molar-refractivity contribution in [1.82, 2.24) is 8.87 Å². The molecule has 0 amide bonds. The van der Waals surface area contributed by atoms with Crippen LogP contribution in [0.3, 0.4) is 0 Å². The van der Waals surface area contributed by atoms with Crippen molar-refractivity contribution in [3.8, 4) is 11.3 Å². The number of aromatic nitrogens is 1. The average Bonchev–Trinajstić information content (AvgIpc) is 3.21. The summed E-state index contributed by atoms with van der Waals surface area (Å²) in [6.07, 6.45) is 1.83. The highest BCUT2D eigenvalue weighted by molar-refractivity contribution is 7.89. The predicted molar refractivity (Wildman–Crippen MR) is 128 cm³/mol. The van der Waals surface area contributed by atoms with Gasteiger partial charge in [0, 0.05) is 32.1 Å². The van der Waals surface area contributed by atoms with Crippen molar-refractivity contribution in [2.24, 2.45) is 10.9 Å². The first-order valence-electron chi connectivity index (χ1n) is 10.9. The Balaban J connectivity index is 1.65. The molecule has 0 spiro atoms. The Morgan fingerprint density at radius 3 is 2.41 bits per heavy atom. The van der Waals surface area contributed by atoms with E-state index < -0.39 is 10.0 Å². The Hall–Kier alpha value is -2.26. The second-order valence-electron chi connectivity index (χ2n) is 8.11. The van der Waals surface area contributed by atoms with E-state index in [9.17, 15) is 8.42 Å². The SMILES string of the molecule is COCCn1c(-c2ccc(S(=O)(=O)N3CCC(C)CC3)cc2)csc1=Nc1ccccc1. The van der Waals surface area contributed by atoms with Crippen molar-refractivity contribution in [2.75, 3.05) is 26.8 Å². The molecule has 6 nitrogen and oxygen atoms in total. The quantitative estimate of drug-likeness (QED) is 0.509. The summed E-state index contributed by atoms with van der Waals surface area (Å²) in [7, 11) is -1.77. The van der Waals surface area contributed by atoms with Gasteiger partial charge in [0.05, 0.1) is 22.9 Å². The first-order valence-corrected chi connectivity index (χ1v) is 13.2. The van der Waals surface area contributed by atoms with Gasteiger partial charge in [0.15, 0.2) is 4.80 Å². The lowest BCUT2D eigenvalue weighted by molar-refractivity contribution is 0.187. The fraction of sp³-hybridized carbons (Fsp3) is 0.375. The number of hydrogen-bond acceptors (Lipinski definition) is 5. The molecule has 4 rings (SSSR count). The van der Waals surface area contributed by atoms with Crippen molar-refractivity contribution in [1.29, 1.82) is 0 Å². The van der Waals surface area contributed by atoms with E-state index in [1.807, 2.05) is 42.5 Å². The summed E-state index contributed by atoms with van der Waals surface area (Å²) < 4.78 is 35.1. The second-order valence-corrected chi connectivity index (χ2v) is 10.9. The molecule has 0 atom stereocenters. The van der Waals surface area contributed by atoms with E-state index in [1.165, 1.54) is 0 Å². The first kappa shape index (κ1) is 22.9. The van der Waals surface area contributed by atoms with Crippen LogP contribution in [0.5, 0.6) is 0 Å². The van der Waals surface area contributed by atoms with Crippen molar-refractivity contribution in [3.05, 3.63) is 64.8 Å². The maximum absolute atomic E-state index is 13.0. The summed E-state index contributed by atoms with van der Waals surface area (Å²) in [6, 6.07) is 17.1. The number of sulfonamides is 1. The molecule has 8 heteroatoms. The Morgan fingerprint density at radius 1 is 1.06 bits per heavy atom. The lowest BCUT2D eigenvalue weighted by atomic mass is 10.0. The Labute approximate surface area is 193 Å². The molecule has 0 saturated carbocycles. The summed E-state index contributed by atoms with van der Waals surface area (Å²) >= 11 is 1.56. The third-order valence-corrected chi connectivity index (χ3v) is 8.60. The Bertz CT molecular complexity index is 1190. The molecule has 32 heavy (non-hydrogen) atoms. The van der Waals surface area contributed by atoms with Crippen molar-refractivity contribution >= 4 is 27.0 Å². The van der Waals surface area contributed by atoms with Gasteiger partial charge in [-0.25, -0.2) is 13.4 Å². The van der Waals surface area contributed by atoms with E-state index >= 15 is 0 Å². The van der Waals surface area contributed by atoms with Gasteiger partial charge in [-0.3, -0.25) is 0 Å². The lowest BCUT2D eigenvalue weighted by Crippen LogP contribution is -2.37. The highest BCUT2D eigenvalue weighted by atomic mass is 32.2. The third kappa shape index (κ3) is 5.04. The van der Waals surface area contributed by atoms with Gasteiger partial charge in [-0.1, -0.05) is 37.3 Å². The lowest BCUT2D eigenvalue weighted by Gasteiger charge is -2.29. The predicted octanol–water partition coefficient (Wildman–Crippen LogP) is 4.52. The molecular weight excluding hydrogens is 442 g/mol. The van der Waals surface area contributed by atoms with Crippen LogP contribution in [0.4, 0.5) is 5.69 Å². The van der Waals surface area contributed by atoms with Crippen LogP contribution in [-0.4, -0.2) is 44.1 Å². The smallest absolute Gasteiger partial charge is 0.243 e. The third-order valence-electron chi connectivity index (χ3n) is 5.83. The molecule has 0 N–H and O–H groups in total. The number of methoxy groups -OCH3 is 1. The van der Waals surface area contributed by atoms with Crippen LogP contribution in [0.1, 0.15) is 19.8 Å². The standard InChI is InChI=1S/C24H29N3O3S2/c1-19-12-14-26(15-13-19)32(28,29)22-10-8-20(9-11-22)23-18-31-24(27(23)16-17-30-2)25-21-6-4-3-5-7-21/h3-11,18-19H,12-17H2,1-2H3. The largest absolute Gasteiger partial charge is 0.383 e. The van der Waals surface area contributed by atoms with Gasteiger partial charge in [-0.15, -0.1) is 11.3 Å². The van der Waals surface area contributed by atoms with Crippen molar-refractivity contribution in [2.45, 2.75) is 31.2 Å². The van der Waals surface area contributed by atoms with Crippen LogP contribution >= 0.6 is 11.3 Å². The summed E-state index contributed by atoms with van der Waals surface area (Å²) in [5, 5.41) is 2.06. The van der Waals surface area contributed by atoms with Crippen LogP contribution in [-0.2, 0) is 21.3 Å². The number of hydrogen-bond donors (Lipinski definition) is 0. The van der Waals surface area contributed by atoms with Crippen molar-refractivity contribution in [3.63, 3.8) is 0 Å².